The lowest BCUT2D eigenvalue weighted by molar-refractivity contribution is -0.139. The normalized spacial score (nSPS) is 13.6. The van der Waals surface area contributed by atoms with Crippen molar-refractivity contribution >= 4 is 17.7 Å². The molecule has 0 aliphatic carbocycles. The van der Waals surface area contributed by atoms with E-state index >= 15 is 0 Å². The lowest BCUT2D eigenvalue weighted by atomic mass is 10.0. The third kappa shape index (κ3) is 4.55. The predicted octanol–water partition coefficient (Wildman–Crippen LogP) is 3.58. The number of methoxy groups -OCH3 is 1. The summed E-state index contributed by atoms with van der Waals surface area (Å²) < 4.78 is 11.5. The van der Waals surface area contributed by atoms with Crippen LogP contribution in [0.15, 0.2) is 42.5 Å². The molecule has 1 aliphatic rings. The second-order valence-electron chi connectivity index (χ2n) is 6.34. The Kier molecular flexibility index (Phi) is 6.25. The molecular formula is C21H22N2O3S. The van der Waals surface area contributed by atoms with Crippen molar-refractivity contribution in [3.63, 3.8) is 0 Å². The van der Waals surface area contributed by atoms with Crippen LogP contribution < -0.4 is 9.47 Å². The molecule has 0 aromatic heterocycles. The van der Waals surface area contributed by atoms with Gasteiger partial charge in [0.25, 0.3) is 0 Å². The lowest BCUT2D eigenvalue weighted by Crippen LogP contribution is -2.56. The van der Waals surface area contributed by atoms with Crippen molar-refractivity contribution in [1.82, 2.24) is 4.90 Å². The second kappa shape index (κ2) is 8.83. The first-order valence-corrected chi connectivity index (χ1v) is 10.2. The fourth-order valence-electron chi connectivity index (χ4n) is 3.03. The van der Waals surface area contributed by atoms with E-state index < -0.39 is 0 Å². The molecule has 6 heteroatoms. The van der Waals surface area contributed by atoms with Crippen LogP contribution in [0.5, 0.6) is 11.5 Å². The maximum atomic E-state index is 12.0. The number of amides is 1. The molecule has 1 amide bonds. The number of ether oxygens (including phenoxy) is 2. The molecule has 0 bridgehead atoms. The molecule has 0 saturated carbocycles. The molecule has 140 valence electrons. The van der Waals surface area contributed by atoms with Crippen LogP contribution in [-0.2, 0) is 4.79 Å². The predicted molar refractivity (Wildman–Crippen MR) is 107 cm³/mol. The van der Waals surface area contributed by atoms with Crippen LogP contribution in [0, 0.1) is 11.3 Å². The smallest absolute Gasteiger partial charge is 0.223 e. The van der Waals surface area contributed by atoms with Crippen LogP contribution in [0.2, 0.25) is 0 Å². The second-order valence-corrected chi connectivity index (χ2v) is 7.33. The summed E-state index contributed by atoms with van der Waals surface area (Å²) in [5, 5.41) is 9.37. The molecule has 3 rings (SSSR count). The Morgan fingerprint density at radius 3 is 2.78 bits per heavy atom. The first kappa shape index (κ1) is 19.1. The van der Waals surface area contributed by atoms with Crippen molar-refractivity contribution in [3.05, 3.63) is 48.0 Å². The molecule has 0 atom stereocenters. The fourth-order valence-corrected chi connectivity index (χ4v) is 3.41. The van der Waals surface area contributed by atoms with Gasteiger partial charge in [-0.15, -0.1) is 0 Å². The van der Waals surface area contributed by atoms with Gasteiger partial charge in [-0.2, -0.15) is 17.0 Å². The lowest BCUT2D eigenvalue weighted by Gasteiger charge is -2.39. The Labute approximate surface area is 163 Å². The summed E-state index contributed by atoms with van der Waals surface area (Å²) in [6.07, 6.45) is 2.52. The van der Waals surface area contributed by atoms with E-state index in [1.807, 2.05) is 47.6 Å². The van der Waals surface area contributed by atoms with Crippen molar-refractivity contribution in [2.45, 2.75) is 12.5 Å². The minimum Gasteiger partial charge on any atom is -0.496 e. The Balaban J connectivity index is 1.72. The minimum absolute atomic E-state index is 0.0392. The Hall–Kier alpha value is -2.65. The molecule has 0 spiro atoms. The molecule has 1 saturated heterocycles. The highest BCUT2D eigenvalue weighted by Gasteiger charge is 2.31. The number of nitriles is 1. The van der Waals surface area contributed by atoms with Gasteiger partial charge in [0.15, 0.2) is 0 Å². The van der Waals surface area contributed by atoms with Gasteiger partial charge in [0, 0.05) is 17.7 Å². The Bertz CT molecular complexity index is 857. The van der Waals surface area contributed by atoms with Gasteiger partial charge in [0.05, 0.1) is 31.8 Å². The summed E-state index contributed by atoms with van der Waals surface area (Å²) in [6.45, 7) is 1.18. The van der Waals surface area contributed by atoms with Crippen LogP contribution in [0.1, 0.15) is 12.0 Å². The van der Waals surface area contributed by atoms with Gasteiger partial charge in [-0.05, 0) is 36.1 Å². The summed E-state index contributed by atoms with van der Waals surface area (Å²) in [5.74, 6) is 2.39. The summed E-state index contributed by atoms with van der Waals surface area (Å²) in [7, 11) is 1.63. The molecule has 1 fully saturated rings. The van der Waals surface area contributed by atoms with E-state index in [0.29, 0.717) is 30.8 Å². The number of likely N-dealkylation sites (tertiary alicyclic amines) is 1. The number of rotatable bonds is 7. The maximum Gasteiger partial charge on any atom is 0.223 e. The van der Waals surface area contributed by atoms with Crippen LogP contribution in [0.4, 0.5) is 0 Å². The number of benzene rings is 2. The van der Waals surface area contributed by atoms with Crippen LogP contribution in [-0.4, -0.2) is 49.1 Å². The SMILES string of the molecule is COc1ccccc1-c1cc(C#N)cc(OC2CN(C(=O)CCSC)C2)c1. The third-order valence-corrected chi connectivity index (χ3v) is 5.09. The monoisotopic (exact) mass is 382 g/mol. The van der Waals surface area contributed by atoms with E-state index in [9.17, 15) is 10.1 Å². The van der Waals surface area contributed by atoms with Gasteiger partial charge >= 0.3 is 0 Å². The molecule has 1 aliphatic heterocycles. The molecule has 0 radical (unpaired) electrons. The number of para-hydroxylation sites is 1. The average Bonchev–Trinajstić information content (AvgIpc) is 2.68. The van der Waals surface area contributed by atoms with Crippen molar-refractivity contribution in [3.8, 4) is 28.7 Å². The summed E-state index contributed by atoms with van der Waals surface area (Å²) in [6, 6.07) is 15.3. The molecule has 0 N–H and O–H groups in total. The van der Waals surface area contributed by atoms with E-state index in [1.54, 1.807) is 24.9 Å². The Morgan fingerprint density at radius 1 is 1.30 bits per heavy atom. The Morgan fingerprint density at radius 2 is 2.07 bits per heavy atom. The molecule has 5 nitrogen and oxygen atoms in total. The third-order valence-electron chi connectivity index (χ3n) is 4.48. The zero-order valence-electron chi connectivity index (χ0n) is 15.5. The molecule has 27 heavy (non-hydrogen) atoms. The quantitative estimate of drug-likeness (QED) is 0.732. The highest BCUT2D eigenvalue weighted by molar-refractivity contribution is 7.98. The fraction of sp³-hybridized carbons (Fsp3) is 0.333. The van der Waals surface area contributed by atoms with Crippen LogP contribution >= 0.6 is 11.8 Å². The summed E-state index contributed by atoms with van der Waals surface area (Å²) in [5.41, 5.74) is 2.30. The maximum absolute atomic E-state index is 12.0. The molecule has 2 aromatic carbocycles. The highest BCUT2D eigenvalue weighted by atomic mass is 32.2. The van der Waals surface area contributed by atoms with Crippen molar-refractivity contribution in [2.75, 3.05) is 32.2 Å². The number of carbonyl (C=O) groups excluding carboxylic acids is 1. The van der Waals surface area contributed by atoms with Crippen molar-refractivity contribution in [1.29, 1.82) is 5.26 Å². The van der Waals surface area contributed by atoms with Crippen molar-refractivity contribution < 1.29 is 14.3 Å². The largest absolute Gasteiger partial charge is 0.496 e. The topological polar surface area (TPSA) is 62.6 Å². The molecular weight excluding hydrogens is 360 g/mol. The number of thioether (sulfide) groups is 1. The van der Waals surface area contributed by atoms with E-state index in [4.69, 9.17) is 9.47 Å². The minimum atomic E-state index is -0.0392. The van der Waals surface area contributed by atoms with Gasteiger partial charge < -0.3 is 14.4 Å². The first-order valence-electron chi connectivity index (χ1n) is 8.76. The van der Waals surface area contributed by atoms with Crippen LogP contribution in [0.3, 0.4) is 0 Å². The van der Waals surface area contributed by atoms with E-state index in [1.165, 1.54) is 0 Å². The van der Waals surface area contributed by atoms with Gasteiger partial charge in [0.2, 0.25) is 5.91 Å². The van der Waals surface area contributed by atoms with Gasteiger partial charge in [-0.1, -0.05) is 18.2 Å². The van der Waals surface area contributed by atoms with Gasteiger partial charge in [0.1, 0.15) is 17.6 Å². The molecule has 0 unspecified atom stereocenters. The average molecular weight is 382 g/mol. The van der Waals surface area contributed by atoms with Crippen molar-refractivity contribution in [2.24, 2.45) is 0 Å². The number of nitrogens with zero attached hydrogens (tertiary/aromatic N) is 2. The zero-order chi connectivity index (χ0) is 19.2. The first-order chi connectivity index (χ1) is 13.1. The zero-order valence-corrected chi connectivity index (χ0v) is 16.3. The molecule has 2 aromatic rings. The number of carbonyl (C=O) groups is 1. The summed E-state index contributed by atoms with van der Waals surface area (Å²) in [4.78, 5) is 13.8. The molecule has 1 heterocycles. The van der Waals surface area contributed by atoms with E-state index in [2.05, 4.69) is 6.07 Å². The standard InChI is InChI=1S/C21H22N2O3S/c1-25-20-6-4-3-5-19(20)16-9-15(12-22)10-17(11-16)26-18-13-23(14-18)21(24)7-8-27-2/h3-6,9-11,18H,7-8,13-14H2,1-2H3. The van der Waals surface area contributed by atoms with E-state index in [0.717, 1.165) is 22.6 Å². The van der Waals surface area contributed by atoms with Gasteiger partial charge in [-0.25, -0.2) is 0 Å². The highest BCUT2D eigenvalue weighted by Crippen LogP contribution is 2.33. The number of hydrogen-bond acceptors (Lipinski definition) is 5. The van der Waals surface area contributed by atoms with Crippen LogP contribution in [0.25, 0.3) is 11.1 Å². The van der Waals surface area contributed by atoms with E-state index in [-0.39, 0.29) is 12.0 Å². The summed E-state index contributed by atoms with van der Waals surface area (Å²) >= 11 is 1.67. The number of hydrogen-bond donors (Lipinski definition) is 0. The van der Waals surface area contributed by atoms with Gasteiger partial charge in [-0.3, -0.25) is 4.79 Å².